The van der Waals surface area contributed by atoms with Gasteiger partial charge >= 0.3 is 0 Å². The van der Waals surface area contributed by atoms with E-state index < -0.39 is 0 Å². The summed E-state index contributed by atoms with van der Waals surface area (Å²) in [5.41, 5.74) is 0.649. The molecule has 16 heavy (non-hydrogen) atoms. The van der Waals surface area contributed by atoms with E-state index >= 15 is 0 Å². The van der Waals surface area contributed by atoms with Gasteiger partial charge in [-0.25, -0.2) is 4.98 Å². The lowest BCUT2D eigenvalue weighted by Crippen LogP contribution is -2.58. The van der Waals surface area contributed by atoms with Gasteiger partial charge in [0.15, 0.2) is 0 Å². The molecule has 0 atom stereocenters. The van der Waals surface area contributed by atoms with Gasteiger partial charge in [-0.3, -0.25) is 0 Å². The van der Waals surface area contributed by atoms with Crippen LogP contribution in [0, 0.1) is 11.3 Å². The SMILES string of the molecule is CC1(C)CNCCN1c1ncccc1C#N. The van der Waals surface area contributed by atoms with Gasteiger partial charge in [0.05, 0.1) is 5.56 Å². The summed E-state index contributed by atoms with van der Waals surface area (Å²) in [6.45, 7) is 7.06. The van der Waals surface area contributed by atoms with Crippen molar-refractivity contribution in [2.75, 3.05) is 24.5 Å². The van der Waals surface area contributed by atoms with Gasteiger partial charge in [-0.15, -0.1) is 0 Å². The number of nitrogens with one attached hydrogen (secondary N) is 1. The summed E-state index contributed by atoms with van der Waals surface area (Å²) in [6, 6.07) is 5.83. The lowest BCUT2D eigenvalue weighted by molar-refractivity contribution is 0.377. The summed E-state index contributed by atoms with van der Waals surface area (Å²) in [6.07, 6.45) is 1.74. The summed E-state index contributed by atoms with van der Waals surface area (Å²) >= 11 is 0. The summed E-state index contributed by atoms with van der Waals surface area (Å²) in [7, 11) is 0. The normalized spacial score (nSPS) is 19.2. The van der Waals surface area contributed by atoms with Crippen molar-refractivity contribution < 1.29 is 0 Å². The van der Waals surface area contributed by atoms with Gasteiger partial charge in [0.2, 0.25) is 0 Å². The Kier molecular flexibility index (Phi) is 2.80. The highest BCUT2D eigenvalue weighted by Crippen LogP contribution is 2.25. The Balaban J connectivity index is 2.39. The van der Waals surface area contributed by atoms with E-state index in [0.717, 1.165) is 25.5 Å². The molecule has 1 saturated heterocycles. The van der Waals surface area contributed by atoms with Crippen molar-refractivity contribution in [3.8, 4) is 6.07 Å². The highest BCUT2D eigenvalue weighted by Gasteiger charge is 2.31. The molecule has 1 fully saturated rings. The quantitative estimate of drug-likeness (QED) is 0.765. The molecule has 0 aromatic carbocycles. The fourth-order valence-electron chi connectivity index (χ4n) is 2.08. The number of anilines is 1. The Bertz CT molecular complexity index is 419. The first-order valence-electron chi connectivity index (χ1n) is 5.48. The fourth-order valence-corrected chi connectivity index (χ4v) is 2.08. The van der Waals surface area contributed by atoms with E-state index in [9.17, 15) is 0 Å². The van der Waals surface area contributed by atoms with Crippen molar-refractivity contribution in [1.82, 2.24) is 10.3 Å². The maximum Gasteiger partial charge on any atom is 0.147 e. The third kappa shape index (κ3) is 1.86. The Morgan fingerprint density at radius 2 is 2.38 bits per heavy atom. The third-order valence-electron chi connectivity index (χ3n) is 2.96. The van der Waals surface area contributed by atoms with E-state index in [0.29, 0.717) is 5.56 Å². The van der Waals surface area contributed by atoms with Crippen molar-refractivity contribution in [3.63, 3.8) is 0 Å². The minimum absolute atomic E-state index is 0.00178. The number of piperazine rings is 1. The molecule has 1 aliphatic heterocycles. The highest BCUT2D eigenvalue weighted by molar-refractivity contribution is 5.55. The molecule has 0 radical (unpaired) electrons. The molecular formula is C12H16N4. The monoisotopic (exact) mass is 216 g/mol. The maximum absolute atomic E-state index is 9.09. The zero-order valence-electron chi connectivity index (χ0n) is 9.70. The van der Waals surface area contributed by atoms with Crippen molar-refractivity contribution in [2.45, 2.75) is 19.4 Å². The number of hydrogen-bond donors (Lipinski definition) is 1. The van der Waals surface area contributed by atoms with E-state index in [2.05, 4.69) is 35.1 Å². The van der Waals surface area contributed by atoms with Crippen LogP contribution in [0.3, 0.4) is 0 Å². The molecule has 0 amide bonds. The molecule has 2 rings (SSSR count). The number of pyridine rings is 1. The predicted octanol–water partition coefficient (Wildman–Crippen LogP) is 1.14. The molecule has 1 aliphatic rings. The lowest BCUT2D eigenvalue weighted by atomic mass is 9.99. The number of rotatable bonds is 1. The molecule has 2 heterocycles. The Morgan fingerprint density at radius 1 is 1.56 bits per heavy atom. The maximum atomic E-state index is 9.09. The standard InChI is InChI=1S/C12H16N4/c1-12(2)9-14-6-7-16(12)11-10(8-13)4-3-5-15-11/h3-5,14H,6-7,9H2,1-2H3. The number of nitrogens with zero attached hydrogens (tertiary/aromatic N) is 3. The molecular weight excluding hydrogens is 200 g/mol. The topological polar surface area (TPSA) is 52.0 Å². The summed E-state index contributed by atoms with van der Waals surface area (Å²) in [4.78, 5) is 6.55. The number of aromatic nitrogens is 1. The van der Waals surface area contributed by atoms with Crippen molar-refractivity contribution in [3.05, 3.63) is 23.9 Å². The molecule has 0 saturated carbocycles. The van der Waals surface area contributed by atoms with Crippen molar-refractivity contribution in [2.24, 2.45) is 0 Å². The van der Waals surface area contributed by atoms with Gasteiger partial charge in [0, 0.05) is 31.4 Å². The second-order valence-electron chi connectivity index (χ2n) is 4.63. The second-order valence-corrected chi connectivity index (χ2v) is 4.63. The van der Waals surface area contributed by atoms with Gasteiger partial charge in [-0.1, -0.05) is 0 Å². The fraction of sp³-hybridized carbons (Fsp3) is 0.500. The Hall–Kier alpha value is -1.60. The first kappa shape index (κ1) is 10.9. The summed E-state index contributed by atoms with van der Waals surface area (Å²) in [5.74, 6) is 0.802. The van der Waals surface area contributed by atoms with Crippen LogP contribution in [0.15, 0.2) is 18.3 Å². The zero-order chi connectivity index (χ0) is 11.6. The minimum Gasteiger partial charge on any atom is -0.348 e. The van der Waals surface area contributed by atoms with Crippen LogP contribution in [-0.4, -0.2) is 30.2 Å². The van der Waals surface area contributed by atoms with Crippen LogP contribution < -0.4 is 10.2 Å². The molecule has 1 aromatic heterocycles. The molecule has 84 valence electrons. The average Bonchev–Trinajstić information content (AvgIpc) is 2.28. The average molecular weight is 216 g/mol. The van der Waals surface area contributed by atoms with Gasteiger partial charge in [0.25, 0.3) is 0 Å². The predicted molar refractivity (Wildman–Crippen MR) is 63.2 cm³/mol. The molecule has 0 bridgehead atoms. The minimum atomic E-state index is -0.00178. The molecule has 1 N–H and O–H groups in total. The van der Waals surface area contributed by atoms with E-state index in [-0.39, 0.29) is 5.54 Å². The van der Waals surface area contributed by atoms with Gasteiger partial charge in [0.1, 0.15) is 11.9 Å². The first-order chi connectivity index (χ1) is 7.65. The largest absolute Gasteiger partial charge is 0.348 e. The van der Waals surface area contributed by atoms with Crippen LogP contribution in [0.25, 0.3) is 0 Å². The van der Waals surface area contributed by atoms with Gasteiger partial charge in [-0.05, 0) is 26.0 Å². The second kappa shape index (κ2) is 4.11. The van der Waals surface area contributed by atoms with Crippen molar-refractivity contribution in [1.29, 1.82) is 5.26 Å². The van der Waals surface area contributed by atoms with E-state index in [1.54, 1.807) is 12.3 Å². The van der Waals surface area contributed by atoms with Gasteiger partial charge in [-0.2, -0.15) is 5.26 Å². The van der Waals surface area contributed by atoms with E-state index in [1.165, 1.54) is 0 Å². The third-order valence-corrected chi connectivity index (χ3v) is 2.96. The highest BCUT2D eigenvalue weighted by atomic mass is 15.3. The molecule has 4 heteroatoms. The Labute approximate surface area is 95.9 Å². The van der Waals surface area contributed by atoms with Crippen molar-refractivity contribution >= 4 is 5.82 Å². The molecule has 0 unspecified atom stereocenters. The summed E-state index contributed by atoms with van der Waals surface area (Å²) in [5, 5.41) is 12.4. The lowest BCUT2D eigenvalue weighted by Gasteiger charge is -2.43. The van der Waals surface area contributed by atoms with Crippen LogP contribution in [0.2, 0.25) is 0 Å². The Morgan fingerprint density at radius 3 is 3.06 bits per heavy atom. The molecule has 0 spiro atoms. The van der Waals surface area contributed by atoms with E-state index in [4.69, 9.17) is 5.26 Å². The van der Waals surface area contributed by atoms with Crippen LogP contribution in [0.5, 0.6) is 0 Å². The smallest absolute Gasteiger partial charge is 0.147 e. The molecule has 1 aromatic rings. The summed E-state index contributed by atoms with van der Waals surface area (Å²) < 4.78 is 0. The first-order valence-corrected chi connectivity index (χ1v) is 5.48. The number of hydrogen-bond acceptors (Lipinski definition) is 4. The van der Waals surface area contributed by atoms with Crippen LogP contribution in [0.4, 0.5) is 5.82 Å². The van der Waals surface area contributed by atoms with Crippen LogP contribution >= 0.6 is 0 Å². The van der Waals surface area contributed by atoms with Crippen LogP contribution in [0.1, 0.15) is 19.4 Å². The van der Waals surface area contributed by atoms with Crippen LogP contribution in [-0.2, 0) is 0 Å². The van der Waals surface area contributed by atoms with Gasteiger partial charge < -0.3 is 10.2 Å². The molecule has 0 aliphatic carbocycles. The van der Waals surface area contributed by atoms with E-state index in [1.807, 2.05) is 6.07 Å². The molecule has 4 nitrogen and oxygen atoms in total. The number of nitriles is 1. The zero-order valence-corrected chi connectivity index (χ0v) is 9.70.